The summed E-state index contributed by atoms with van der Waals surface area (Å²) in [6, 6.07) is 17.4. The number of hydrogen-bond acceptors (Lipinski definition) is 4. The maximum atomic E-state index is 12.8. The highest BCUT2D eigenvalue weighted by molar-refractivity contribution is 7.86. The number of benzene rings is 2. The van der Waals surface area contributed by atoms with Crippen molar-refractivity contribution in [2.24, 2.45) is 0 Å². The zero-order valence-corrected chi connectivity index (χ0v) is 16.4. The molecular weight excluding hydrogens is 396 g/mol. The third-order valence-corrected chi connectivity index (χ3v) is 5.47. The van der Waals surface area contributed by atoms with E-state index in [4.69, 9.17) is 16.3 Å². The predicted octanol–water partition coefficient (Wildman–Crippen LogP) is 4.64. The van der Waals surface area contributed by atoms with Crippen molar-refractivity contribution in [1.82, 2.24) is 4.98 Å². The summed E-state index contributed by atoms with van der Waals surface area (Å²) in [5, 5.41) is 0.331. The van der Waals surface area contributed by atoms with E-state index in [1.807, 2.05) is 6.07 Å². The number of pyridine rings is 1. The van der Waals surface area contributed by atoms with Gasteiger partial charge in [0.05, 0.1) is 21.6 Å². The highest BCUT2D eigenvalue weighted by atomic mass is 35.5. The highest BCUT2D eigenvalue weighted by Crippen LogP contribution is 2.27. The maximum absolute atomic E-state index is 12.8. The summed E-state index contributed by atoms with van der Waals surface area (Å²) in [7, 11) is -1.59. The van der Waals surface area contributed by atoms with E-state index in [0.29, 0.717) is 21.6 Å². The van der Waals surface area contributed by atoms with Gasteiger partial charge in [-0.25, -0.2) is 9.19 Å². The van der Waals surface area contributed by atoms with E-state index in [0.717, 1.165) is 18.6 Å². The van der Waals surface area contributed by atoms with Crippen molar-refractivity contribution in [2.75, 3.05) is 4.72 Å². The van der Waals surface area contributed by atoms with Crippen LogP contribution in [0.25, 0.3) is 0 Å². The number of anilines is 1. The van der Waals surface area contributed by atoms with Crippen LogP contribution < -0.4 is 9.46 Å². The maximum Gasteiger partial charge on any atom is 0.196 e. The second-order valence-electron chi connectivity index (χ2n) is 6.40. The van der Waals surface area contributed by atoms with Gasteiger partial charge in [-0.1, -0.05) is 41.9 Å². The van der Waals surface area contributed by atoms with E-state index >= 15 is 0 Å². The second-order valence-corrected chi connectivity index (χ2v) is 8.05. The Morgan fingerprint density at radius 2 is 1.82 bits per heavy atom. The van der Waals surface area contributed by atoms with E-state index in [1.54, 1.807) is 48.5 Å². The molecule has 0 bridgehead atoms. The van der Waals surface area contributed by atoms with Crippen LogP contribution >= 0.6 is 11.6 Å². The van der Waals surface area contributed by atoms with Crippen molar-refractivity contribution >= 4 is 34.2 Å². The Bertz CT molecular complexity index is 1020. The van der Waals surface area contributed by atoms with Crippen molar-refractivity contribution in [1.29, 1.82) is 0 Å². The molecule has 3 aromatic rings. The van der Waals surface area contributed by atoms with Crippen LogP contribution in [-0.4, -0.2) is 21.1 Å². The van der Waals surface area contributed by atoms with E-state index in [1.165, 1.54) is 12.3 Å². The molecule has 4 rings (SSSR count). The average Bonchev–Trinajstić information content (AvgIpc) is 3.54. The molecule has 0 saturated heterocycles. The van der Waals surface area contributed by atoms with Crippen molar-refractivity contribution in [3.05, 3.63) is 83.0 Å². The lowest BCUT2D eigenvalue weighted by molar-refractivity contribution is 0.103. The fraction of sp³-hybridized carbons (Fsp3) is 0.143. The van der Waals surface area contributed by atoms with Gasteiger partial charge < -0.3 is 4.74 Å². The molecule has 1 saturated carbocycles. The molecule has 5 nitrogen and oxygen atoms in total. The van der Waals surface area contributed by atoms with Gasteiger partial charge in [-0.3, -0.25) is 9.52 Å². The topological polar surface area (TPSA) is 68.3 Å². The molecule has 1 N–H and O–H groups in total. The number of hydrogen-bond donors (Lipinski definition) is 1. The van der Waals surface area contributed by atoms with Gasteiger partial charge in [-0.05, 0) is 43.2 Å². The Kier molecular flexibility index (Phi) is 5.41. The Morgan fingerprint density at radius 3 is 2.50 bits per heavy atom. The van der Waals surface area contributed by atoms with Crippen LogP contribution in [0.3, 0.4) is 0 Å². The Labute approximate surface area is 170 Å². The average molecular weight is 413 g/mol. The second kappa shape index (κ2) is 8.12. The van der Waals surface area contributed by atoms with Crippen LogP contribution in [-0.2, 0) is 11.0 Å². The molecule has 1 fully saturated rings. The number of halogens is 1. The summed E-state index contributed by atoms with van der Waals surface area (Å²) in [4.78, 5) is 17.6. The smallest absolute Gasteiger partial charge is 0.196 e. The predicted molar refractivity (Wildman–Crippen MR) is 109 cm³/mol. The summed E-state index contributed by atoms with van der Waals surface area (Å²) < 4.78 is 21.2. The van der Waals surface area contributed by atoms with E-state index < -0.39 is 11.0 Å². The van der Waals surface area contributed by atoms with Gasteiger partial charge in [0.25, 0.3) is 0 Å². The molecule has 28 heavy (non-hydrogen) atoms. The fourth-order valence-corrected chi connectivity index (χ4v) is 3.60. The van der Waals surface area contributed by atoms with E-state index in [9.17, 15) is 9.00 Å². The largest absolute Gasteiger partial charge is 0.490 e. The number of rotatable bonds is 7. The Balaban J connectivity index is 1.55. The molecule has 142 valence electrons. The summed E-state index contributed by atoms with van der Waals surface area (Å²) in [6.07, 6.45) is 3.88. The van der Waals surface area contributed by atoms with Gasteiger partial charge in [-0.15, -0.1) is 0 Å². The normalized spacial score (nSPS) is 14.3. The summed E-state index contributed by atoms with van der Waals surface area (Å²) in [5.41, 5.74) is 0.766. The van der Waals surface area contributed by atoms with E-state index in [-0.39, 0.29) is 17.2 Å². The molecule has 2 aromatic carbocycles. The lowest BCUT2D eigenvalue weighted by atomic mass is 10.0. The monoisotopic (exact) mass is 412 g/mol. The van der Waals surface area contributed by atoms with Crippen LogP contribution in [0.4, 0.5) is 5.82 Å². The molecule has 1 unspecified atom stereocenters. The first-order valence-electron chi connectivity index (χ1n) is 8.80. The van der Waals surface area contributed by atoms with Crippen molar-refractivity contribution in [2.45, 2.75) is 23.8 Å². The van der Waals surface area contributed by atoms with Gasteiger partial charge in [0, 0.05) is 11.8 Å². The molecule has 0 radical (unpaired) electrons. The molecule has 0 aliphatic heterocycles. The number of aromatic nitrogens is 1. The molecule has 1 aromatic heterocycles. The third-order valence-electron chi connectivity index (χ3n) is 4.19. The fourth-order valence-electron chi connectivity index (χ4n) is 2.61. The first-order chi connectivity index (χ1) is 13.6. The van der Waals surface area contributed by atoms with E-state index in [2.05, 4.69) is 9.71 Å². The number of nitrogens with zero attached hydrogens (tertiary/aromatic N) is 1. The van der Waals surface area contributed by atoms with Gasteiger partial charge in [0.15, 0.2) is 16.8 Å². The van der Waals surface area contributed by atoms with Gasteiger partial charge >= 0.3 is 0 Å². The van der Waals surface area contributed by atoms with Crippen LogP contribution in [0, 0.1) is 0 Å². The molecule has 1 aliphatic rings. The molecule has 7 heteroatoms. The molecule has 1 atom stereocenters. The number of carbonyl (C=O) groups excluding carboxylic acids is 1. The Hall–Kier alpha value is -2.70. The Morgan fingerprint density at radius 1 is 1.11 bits per heavy atom. The van der Waals surface area contributed by atoms with Gasteiger partial charge in [-0.2, -0.15) is 0 Å². The zero-order chi connectivity index (χ0) is 19.5. The lowest BCUT2D eigenvalue weighted by Crippen LogP contribution is -2.12. The number of carbonyl (C=O) groups is 1. The molecule has 1 heterocycles. The number of ether oxygens (including phenoxy) is 1. The minimum absolute atomic E-state index is 0.217. The summed E-state index contributed by atoms with van der Waals surface area (Å²) in [5.74, 6) is 0.728. The molecule has 0 amide bonds. The van der Waals surface area contributed by atoms with Gasteiger partial charge in [0.1, 0.15) is 11.6 Å². The zero-order valence-electron chi connectivity index (χ0n) is 14.8. The first-order valence-corrected chi connectivity index (χ1v) is 10.3. The van der Waals surface area contributed by atoms with Gasteiger partial charge in [0.2, 0.25) is 0 Å². The number of ketones is 1. The first kappa shape index (κ1) is 18.7. The minimum atomic E-state index is -1.59. The third kappa shape index (κ3) is 4.40. The van der Waals surface area contributed by atoms with Crippen LogP contribution in [0.5, 0.6) is 5.75 Å². The van der Waals surface area contributed by atoms with Crippen molar-refractivity contribution in [3.8, 4) is 5.75 Å². The minimum Gasteiger partial charge on any atom is -0.490 e. The quantitative estimate of drug-likeness (QED) is 0.574. The SMILES string of the molecule is O=C(c1ccccc1)c1cc(Cl)cnc1NS(=O)c1ccc(OC2CC2)cc1. The molecular formula is C21H17ClN2O3S. The summed E-state index contributed by atoms with van der Waals surface area (Å²) in [6.45, 7) is 0. The van der Waals surface area contributed by atoms with Crippen molar-refractivity contribution in [3.63, 3.8) is 0 Å². The molecule has 1 aliphatic carbocycles. The number of nitrogens with one attached hydrogen (secondary N) is 1. The van der Waals surface area contributed by atoms with Crippen LogP contribution in [0.2, 0.25) is 5.02 Å². The van der Waals surface area contributed by atoms with Crippen molar-refractivity contribution < 1.29 is 13.7 Å². The van der Waals surface area contributed by atoms with Crippen LogP contribution in [0.1, 0.15) is 28.8 Å². The van der Waals surface area contributed by atoms with Crippen LogP contribution in [0.15, 0.2) is 71.8 Å². The lowest BCUT2D eigenvalue weighted by Gasteiger charge is -2.11. The molecule has 0 spiro atoms. The standard InChI is InChI=1S/C21H17ClN2O3S/c22-15-12-19(20(25)14-4-2-1-3-5-14)21(23-13-15)24-28(26)18-10-8-17(9-11-18)27-16-6-7-16/h1-5,8-13,16H,6-7H2,(H,23,24). The summed E-state index contributed by atoms with van der Waals surface area (Å²) >= 11 is 6.03. The highest BCUT2D eigenvalue weighted by Gasteiger charge is 2.23.